The van der Waals surface area contributed by atoms with E-state index in [-0.39, 0.29) is 0 Å². The van der Waals surface area contributed by atoms with Crippen molar-refractivity contribution in [3.05, 3.63) is 0 Å². The van der Waals surface area contributed by atoms with E-state index in [2.05, 4.69) is 39.9 Å². The van der Waals surface area contributed by atoms with Crippen LogP contribution in [0.1, 0.15) is 112 Å². The van der Waals surface area contributed by atoms with Gasteiger partial charge >= 0.3 is 0 Å². The molecule has 0 aromatic carbocycles. The first-order valence-corrected chi connectivity index (χ1v) is 11.2. The number of rotatable bonds is 8. The van der Waals surface area contributed by atoms with Gasteiger partial charge in [-0.3, -0.25) is 0 Å². The standard InChI is InChI=1S/C23H45N/c1-6-8-10-19-12-14-21(15-13-19)23(4,5)24-22-16-11-18(3)17-20(22)9-7-2/h18-22,24H,6-17H2,1-5H3. The molecule has 0 spiro atoms. The summed E-state index contributed by atoms with van der Waals surface area (Å²) in [5, 5.41) is 4.18. The van der Waals surface area contributed by atoms with E-state index in [1.165, 1.54) is 77.0 Å². The summed E-state index contributed by atoms with van der Waals surface area (Å²) in [6, 6.07) is 0.772. The molecule has 3 atom stereocenters. The highest BCUT2D eigenvalue weighted by atomic mass is 15.0. The lowest BCUT2D eigenvalue weighted by molar-refractivity contribution is 0.108. The topological polar surface area (TPSA) is 12.0 Å². The van der Waals surface area contributed by atoms with Crippen molar-refractivity contribution in [3.63, 3.8) is 0 Å². The zero-order valence-electron chi connectivity index (χ0n) is 17.4. The first-order chi connectivity index (χ1) is 11.5. The molecule has 0 saturated heterocycles. The second-order valence-electron chi connectivity index (χ2n) is 9.80. The fraction of sp³-hybridized carbons (Fsp3) is 1.00. The van der Waals surface area contributed by atoms with E-state index >= 15 is 0 Å². The zero-order valence-corrected chi connectivity index (χ0v) is 17.4. The second-order valence-corrected chi connectivity index (χ2v) is 9.80. The van der Waals surface area contributed by atoms with Gasteiger partial charge in [-0.2, -0.15) is 0 Å². The minimum atomic E-state index is 0.326. The van der Waals surface area contributed by atoms with Crippen LogP contribution in [0.3, 0.4) is 0 Å². The Labute approximate surface area is 152 Å². The van der Waals surface area contributed by atoms with Crippen LogP contribution in [-0.4, -0.2) is 11.6 Å². The van der Waals surface area contributed by atoms with Crippen molar-refractivity contribution in [1.82, 2.24) is 5.32 Å². The van der Waals surface area contributed by atoms with Crippen molar-refractivity contribution in [1.29, 1.82) is 0 Å². The van der Waals surface area contributed by atoms with Gasteiger partial charge < -0.3 is 5.32 Å². The molecular weight excluding hydrogens is 290 g/mol. The molecule has 0 heterocycles. The van der Waals surface area contributed by atoms with E-state index in [1.54, 1.807) is 0 Å². The van der Waals surface area contributed by atoms with E-state index in [0.29, 0.717) is 5.54 Å². The normalized spacial score (nSPS) is 35.1. The monoisotopic (exact) mass is 335 g/mol. The summed E-state index contributed by atoms with van der Waals surface area (Å²) in [5.41, 5.74) is 0.326. The molecule has 24 heavy (non-hydrogen) atoms. The Hall–Kier alpha value is -0.0400. The Bertz CT molecular complexity index is 340. The molecule has 2 aliphatic carbocycles. The highest BCUT2D eigenvalue weighted by molar-refractivity contribution is 4.94. The van der Waals surface area contributed by atoms with E-state index < -0.39 is 0 Å². The highest BCUT2D eigenvalue weighted by Gasteiger charge is 2.37. The summed E-state index contributed by atoms with van der Waals surface area (Å²) < 4.78 is 0. The lowest BCUT2D eigenvalue weighted by Gasteiger charge is -2.46. The fourth-order valence-corrected chi connectivity index (χ4v) is 5.64. The molecule has 0 bridgehead atoms. The third kappa shape index (κ3) is 5.75. The van der Waals surface area contributed by atoms with Gasteiger partial charge in [0.2, 0.25) is 0 Å². The van der Waals surface area contributed by atoms with Gasteiger partial charge in [0.15, 0.2) is 0 Å². The third-order valence-electron chi connectivity index (χ3n) is 7.29. The van der Waals surface area contributed by atoms with Gasteiger partial charge in [-0.15, -0.1) is 0 Å². The number of hydrogen-bond donors (Lipinski definition) is 1. The van der Waals surface area contributed by atoms with Crippen LogP contribution in [0.5, 0.6) is 0 Å². The van der Waals surface area contributed by atoms with Crippen LogP contribution < -0.4 is 5.32 Å². The van der Waals surface area contributed by atoms with E-state index in [4.69, 9.17) is 0 Å². The summed E-state index contributed by atoms with van der Waals surface area (Å²) in [6.07, 6.45) is 17.2. The predicted molar refractivity (Wildman–Crippen MR) is 107 cm³/mol. The molecular formula is C23H45N. The number of nitrogens with one attached hydrogen (secondary N) is 1. The largest absolute Gasteiger partial charge is 0.308 e. The van der Waals surface area contributed by atoms with Crippen molar-refractivity contribution in [2.75, 3.05) is 0 Å². The van der Waals surface area contributed by atoms with Gasteiger partial charge in [0.25, 0.3) is 0 Å². The second kappa shape index (κ2) is 9.60. The quantitative estimate of drug-likeness (QED) is 0.505. The van der Waals surface area contributed by atoms with Crippen LogP contribution in [0.2, 0.25) is 0 Å². The Morgan fingerprint density at radius 1 is 0.875 bits per heavy atom. The van der Waals surface area contributed by atoms with E-state index in [9.17, 15) is 0 Å². The third-order valence-corrected chi connectivity index (χ3v) is 7.29. The molecule has 142 valence electrons. The molecule has 0 aromatic rings. The summed E-state index contributed by atoms with van der Waals surface area (Å²) in [6.45, 7) is 12.2. The minimum Gasteiger partial charge on any atom is -0.308 e. The van der Waals surface area contributed by atoms with Crippen molar-refractivity contribution >= 4 is 0 Å². The molecule has 3 unspecified atom stereocenters. The summed E-state index contributed by atoms with van der Waals surface area (Å²) >= 11 is 0. The van der Waals surface area contributed by atoms with Gasteiger partial charge in [-0.25, -0.2) is 0 Å². The zero-order chi connectivity index (χ0) is 17.6. The summed E-state index contributed by atoms with van der Waals surface area (Å²) in [7, 11) is 0. The Morgan fingerprint density at radius 3 is 2.21 bits per heavy atom. The lowest BCUT2D eigenvalue weighted by Crippen LogP contribution is -2.55. The molecule has 1 N–H and O–H groups in total. The fourth-order valence-electron chi connectivity index (χ4n) is 5.64. The summed E-state index contributed by atoms with van der Waals surface area (Å²) in [4.78, 5) is 0. The SMILES string of the molecule is CCCCC1CCC(C(C)(C)NC2CCC(C)CC2CCC)CC1. The Balaban J connectivity index is 1.86. The van der Waals surface area contributed by atoms with Crippen molar-refractivity contribution in [2.45, 2.75) is 123 Å². The Morgan fingerprint density at radius 2 is 1.58 bits per heavy atom. The average Bonchev–Trinajstić information content (AvgIpc) is 2.56. The van der Waals surface area contributed by atoms with Crippen LogP contribution in [0, 0.1) is 23.7 Å². The molecule has 1 nitrogen and oxygen atoms in total. The van der Waals surface area contributed by atoms with Crippen LogP contribution >= 0.6 is 0 Å². The van der Waals surface area contributed by atoms with Gasteiger partial charge in [0.05, 0.1) is 0 Å². The first-order valence-electron chi connectivity index (χ1n) is 11.2. The van der Waals surface area contributed by atoms with Crippen LogP contribution in [0.25, 0.3) is 0 Å². The highest BCUT2D eigenvalue weighted by Crippen LogP contribution is 2.39. The number of unbranched alkanes of at least 4 members (excludes halogenated alkanes) is 1. The Kier molecular flexibility index (Phi) is 8.11. The van der Waals surface area contributed by atoms with Gasteiger partial charge in [-0.1, -0.05) is 59.3 Å². The molecule has 1 heteroatoms. The molecule has 0 amide bonds. The molecule has 2 saturated carbocycles. The van der Waals surface area contributed by atoms with E-state index in [0.717, 1.165) is 29.7 Å². The lowest BCUT2D eigenvalue weighted by atomic mass is 9.70. The molecule has 2 fully saturated rings. The van der Waals surface area contributed by atoms with Crippen molar-refractivity contribution in [3.8, 4) is 0 Å². The minimum absolute atomic E-state index is 0.326. The van der Waals surface area contributed by atoms with Crippen molar-refractivity contribution < 1.29 is 0 Å². The maximum atomic E-state index is 4.18. The molecule has 2 aliphatic rings. The van der Waals surface area contributed by atoms with E-state index in [1.807, 2.05) is 0 Å². The van der Waals surface area contributed by atoms with Crippen LogP contribution in [-0.2, 0) is 0 Å². The van der Waals surface area contributed by atoms with Crippen LogP contribution in [0.15, 0.2) is 0 Å². The maximum Gasteiger partial charge on any atom is 0.0156 e. The van der Waals surface area contributed by atoms with Gasteiger partial charge in [0.1, 0.15) is 0 Å². The molecule has 2 rings (SSSR count). The molecule has 0 aliphatic heterocycles. The number of hydrogen-bond acceptors (Lipinski definition) is 1. The van der Waals surface area contributed by atoms with Gasteiger partial charge in [-0.05, 0) is 76.0 Å². The molecule has 0 aromatic heterocycles. The first kappa shape index (κ1) is 20.3. The van der Waals surface area contributed by atoms with Gasteiger partial charge in [0, 0.05) is 11.6 Å². The van der Waals surface area contributed by atoms with Crippen molar-refractivity contribution in [2.24, 2.45) is 23.7 Å². The maximum absolute atomic E-state index is 4.18. The molecule has 0 radical (unpaired) electrons. The average molecular weight is 336 g/mol. The smallest absolute Gasteiger partial charge is 0.0156 e. The summed E-state index contributed by atoms with van der Waals surface area (Å²) in [5.74, 6) is 3.77. The predicted octanol–water partition coefficient (Wildman–Crippen LogP) is 6.96. The van der Waals surface area contributed by atoms with Crippen LogP contribution in [0.4, 0.5) is 0 Å².